The number of rotatable bonds is 5. The van der Waals surface area contributed by atoms with Gasteiger partial charge in [-0.25, -0.2) is 4.98 Å². The molecule has 0 aliphatic rings. The van der Waals surface area contributed by atoms with Crippen LogP contribution in [0.2, 0.25) is 0 Å². The van der Waals surface area contributed by atoms with Gasteiger partial charge in [0.1, 0.15) is 5.82 Å². The van der Waals surface area contributed by atoms with Gasteiger partial charge in [0, 0.05) is 23.9 Å². The first-order chi connectivity index (χ1) is 9.11. The maximum Gasteiger partial charge on any atom is 0.130 e. The molecule has 0 saturated carbocycles. The maximum absolute atomic E-state index is 4.49. The molecule has 2 aromatic rings. The lowest BCUT2D eigenvalue weighted by atomic mass is 10.0. The van der Waals surface area contributed by atoms with Crippen LogP contribution in [0.1, 0.15) is 36.3 Å². The molecule has 0 bridgehead atoms. The molecule has 1 unspecified atom stereocenters. The molecule has 1 atom stereocenters. The highest BCUT2D eigenvalue weighted by Gasteiger charge is 2.18. The van der Waals surface area contributed by atoms with Gasteiger partial charge in [-0.3, -0.25) is 0 Å². The Morgan fingerprint density at radius 2 is 2.16 bits per heavy atom. The van der Waals surface area contributed by atoms with Gasteiger partial charge in [-0.2, -0.15) is 0 Å². The van der Waals surface area contributed by atoms with Crippen LogP contribution < -0.4 is 5.32 Å². The van der Waals surface area contributed by atoms with Crippen LogP contribution >= 0.6 is 15.9 Å². The fourth-order valence-electron chi connectivity index (χ4n) is 2.23. The molecule has 102 valence electrons. The Bertz CT molecular complexity index is 528. The first-order valence-corrected chi connectivity index (χ1v) is 7.38. The quantitative estimate of drug-likeness (QED) is 0.912. The number of imidazole rings is 1. The van der Waals surface area contributed by atoms with E-state index in [1.165, 1.54) is 11.1 Å². The van der Waals surface area contributed by atoms with E-state index in [4.69, 9.17) is 0 Å². The second kappa shape index (κ2) is 6.35. The SMILES string of the molecule is CCCNC(c1cc(C)cc(Br)c1)c1nccn1C. The Morgan fingerprint density at radius 1 is 1.37 bits per heavy atom. The van der Waals surface area contributed by atoms with Gasteiger partial charge in [-0.1, -0.05) is 28.9 Å². The van der Waals surface area contributed by atoms with Gasteiger partial charge in [0.05, 0.1) is 6.04 Å². The normalized spacial score (nSPS) is 12.6. The highest BCUT2D eigenvalue weighted by Crippen LogP contribution is 2.25. The van der Waals surface area contributed by atoms with Crippen molar-refractivity contribution in [1.29, 1.82) is 0 Å². The molecule has 0 radical (unpaired) electrons. The van der Waals surface area contributed by atoms with Gasteiger partial charge in [0.15, 0.2) is 0 Å². The molecule has 0 aliphatic carbocycles. The second-order valence-corrected chi connectivity index (χ2v) is 5.76. The van der Waals surface area contributed by atoms with E-state index in [0.717, 1.165) is 23.3 Å². The van der Waals surface area contributed by atoms with Crippen LogP contribution in [0.5, 0.6) is 0 Å². The number of nitrogens with zero attached hydrogens (tertiary/aromatic N) is 2. The van der Waals surface area contributed by atoms with Gasteiger partial charge in [-0.05, 0) is 43.1 Å². The molecule has 0 fully saturated rings. The first-order valence-electron chi connectivity index (χ1n) is 6.59. The van der Waals surface area contributed by atoms with Crippen molar-refractivity contribution in [1.82, 2.24) is 14.9 Å². The van der Waals surface area contributed by atoms with Crippen molar-refractivity contribution in [2.24, 2.45) is 7.05 Å². The van der Waals surface area contributed by atoms with Gasteiger partial charge in [0.25, 0.3) is 0 Å². The molecule has 4 heteroatoms. The van der Waals surface area contributed by atoms with Crippen LogP contribution in [-0.4, -0.2) is 16.1 Å². The van der Waals surface area contributed by atoms with Gasteiger partial charge in [-0.15, -0.1) is 0 Å². The van der Waals surface area contributed by atoms with Gasteiger partial charge in [0.2, 0.25) is 0 Å². The Balaban J connectivity index is 2.39. The molecule has 19 heavy (non-hydrogen) atoms. The highest BCUT2D eigenvalue weighted by atomic mass is 79.9. The van der Waals surface area contributed by atoms with E-state index in [0.29, 0.717) is 0 Å². The summed E-state index contributed by atoms with van der Waals surface area (Å²) in [5, 5.41) is 3.58. The summed E-state index contributed by atoms with van der Waals surface area (Å²) in [4.78, 5) is 4.49. The van der Waals surface area contributed by atoms with Crippen molar-refractivity contribution in [3.05, 3.63) is 52.0 Å². The third kappa shape index (κ3) is 3.45. The van der Waals surface area contributed by atoms with E-state index in [1.54, 1.807) is 0 Å². The van der Waals surface area contributed by atoms with E-state index in [-0.39, 0.29) is 6.04 Å². The average molecular weight is 322 g/mol. The number of benzene rings is 1. The van der Waals surface area contributed by atoms with Gasteiger partial charge >= 0.3 is 0 Å². The fourth-order valence-corrected chi connectivity index (χ4v) is 2.86. The summed E-state index contributed by atoms with van der Waals surface area (Å²) in [6.45, 7) is 5.27. The summed E-state index contributed by atoms with van der Waals surface area (Å²) >= 11 is 3.58. The molecular formula is C15H20BrN3. The molecular weight excluding hydrogens is 302 g/mol. The van der Waals surface area contributed by atoms with E-state index in [1.807, 2.05) is 19.4 Å². The van der Waals surface area contributed by atoms with Crippen molar-refractivity contribution < 1.29 is 0 Å². The fraction of sp³-hybridized carbons (Fsp3) is 0.400. The summed E-state index contributed by atoms with van der Waals surface area (Å²) in [5.41, 5.74) is 2.50. The minimum Gasteiger partial charge on any atom is -0.336 e. The Labute approximate surface area is 123 Å². The number of hydrogen-bond acceptors (Lipinski definition) is 2. The molecule has 1 aromatic heterocycles. The summed E-state index contributed by atoms with van der Waals surface area (Å²) in [6, 6.07) is 6.64. The standard InChI is InChI=1S/C15H20BrN3/c1-4-5-17-14(15-18-6-7-19(15)3)12-8-11(2)9-13(16)10-12/h6-10,14,17H,4-5H2,1-3H3. The topological polar surface area (TPSA) is 29.9 Å². The van der Waals surface area contributed by atoms with E-state index in [9.17, 15) is 0 Å². The number of nitrogens with one attached hydrogen (secondary N) is 1. The van der Waals surface area contributed by atoms with Crippen LogP contribution in [0.25, 0.3) is 0 Å². The van der Waals surface area contributed by atoms with Crippen LogP contribution in [0.15, 0.2) is 35.1 Å². The molecule has 0 spiro atoms. The molecule has 1 heterocycles. The average Bonchev–Trinajstić information content (AvgIpc) is 2.75. The summed E-state index contributed by atoms with van der Waals surface area (Å²) < 4.78 is 3.18. The zero-order valence-electron chi connectivity index (χ0n) is 11.7. The predicted molar refractivity (Wildman–Crippen MR) is 82.2 cm³/mol. The van der Waals surface area contributed by atoms with E-state index in [2.05, 4.69) is 62.8 Å². The zero-order chi connectivity index (χ0) is 13.8. The smallest absolute Gasteiger partial charge is 0.130 e. The van der Waals surface area contributed by atoms with Gasteiger partial charge < -0.3 is 9.88 Å². The second-order valence-electron chi connectivity index (χ2n) is 4.85. The van der Waals surface area contributed by atoms with Crippen LogP contribution in [0.4, 0.5) is 0 Å². The summed E-state index contributed by atoms with van der Waals surface area (Å²) in [5.74, 6) is 1.05. The first kappa shape index (κ1) is 14.3. The molecule has 2 rings (SSSR count). The van der Waals surface area contributed by atoms with Crippen molar-refractivity contribution in [2.45, 2.75) is 26.3 Å². The van der Waals surface area contributed by atoms with Crippen molar-refractivity contribution in [3.8, 4) is 0 Å². The van der Waals surface area contributed by atoms with Crippen molar-refractivity contribution in [3.63, 3.8) is 0 Å². The lowest BCUT2D eigenvalue weighted by Gasteiger charge is -2.19. The predicted octanol–water partition coefficient (Wildman–Crippen LogP) is 3.58. The monoisotopic (exact) mass is 321 g/mol. The summed E-state index contributed by atoms with van der Waals surface area (Å²) in [6.07, 6.45) is 4.94. The highest BCUT2D eigenvalue weighted by molar-refractivity contribution is 9.10. The molecule has 0 amide bonds. The zero-order valence-corrected chi connectivity index (χ0v) is 13.2. The summed E-state index contributed by atoms with van der Waals surface area (Å²) in [7, 11) is 2.04. The number of aryl methyl sites for hydroxylation is 2. The molecule has 3 nitrogen and oxygen atoms in total. The van der Waals surface area contributed by atoms with E-state index < -0.39 is 0 Å². The van der Waals surface area contributed by atoms with Crippen LogP contribution in [0, 0.1) is 6.92 Å². The molecule has 0 saturated heterocycles. The number of hydrogen-bond donors (Lipinski definition) is 1. The van der Waals surface area contributed by atoms with Crippen molar-refractivity contribution in [2.75, 3.05) is 6.54 Å². The Hall–Kier alpha value is -1.13. The maximum atomic E-state index is 4.49. The minimum atomic E-state index is 0.135. The molecule has 1 aromatic carbocycles. The lowest BCUT2D eigenvalue weighted by Crippen LogP contribution is -2.25. The van der Waals surface area contributed by atoms with E-state index >= 15 is 0 Å². The minimum absolute atomic E-state index is 0.135. The van der Waals surface area contributed by atoms with Crippen LogP contribution in [0.3, 0.4) is 0 Å². The Morgan fingerprint density at radius 3 is 2.74 bits per heavy atom. The Kier molecular flexibility index (Phi) is 4.77. The third-order valence-corrected chi connectivity index (χ3v) is 3.57. The van der Waals surface area contributed by atoms with Crippen molar-refractivity contribution >= 4 is 15.9 Å². The largest absolute Gasteiger partial charge is 0.336 e. The third-order valence-electron chi connectivity index (χ3n) is 3.11. The molecule has 1 N–H and O–H groups in total. The number of halogens is 1. The lowest BCUT2D eigenvalue weighted by molar-refractivity contribution is 0.555. The number of aromatic nitrogens is 2. The molecule has 0 aliphatic heterocycles. The van der Waals surface area contributed by atoms with Crippen LogP contribution in [-0.2, 0) is 7.05 Å².